The molecule has 12 heavy (non-hydrogen) atoms. The number of carbonyl (C=O) groups is 2. The molecule has 4 nitrogen and oxygen atoms in total. The van der Waals surface area contributed by atoms with Crippen molar-refractivity contribution >= 4 is 11.8 Å². The van der Waals surface area contributed by atoms with Crippen molar-refractivity contribution in [3.8, 4) is 0 Å². The Kier molecular flexibility index (Phi) is 4.45. The summed E-state index contributed by atoms with van der Waals surface area (Å²) in [6.45, 7) is 3.45. The third-order valence-electron chi connectivity index (χ3n) is 1.20. The van der Waals surface area contributed by atoms with Gasteiger partial charge in [0.05, 0.1) is 0 Å². The van der Waals surface area contributed by atoms with E-state index in [1.807, 2.05) is 0 Å². The minimum atomic E-state index is -0.296. The van der Waals surface area contributed by atoms with Gasteiger partial charge in [0, 0.05) is 25.7 Å². The molecule has 0 saturated carbocycles. The predicted octanol–water partition coefficient (Wildman–Crippen LogP) is -0.409. The lowest BCUT2D eigenvalue weighted by Crippen LogP contribution is -2.19. The van der Waals surface area contributed by atoms with Crippen LogP contribution in [0.15, 0.2) is 24.3 Å². The summed E-state index contributed by atoms with van der Waals surface area (Å²) < 4.78 is 0. The lowest BCUT2D eigenvalue weighted by Gasteiger charge is -1.96. The largest absolute Gasteiger partial charge is 0.356 e. The molecule has 0 saturated heterocycles. The van der Waals surface area contributed by atoms with Gasteiger partial charge in [0.2, 0.25) is 11.8 Å². The molecule has 0 aromatic heterocycles. The predicted molar refractivity (Wildman–Crippen MR) is 46.4 cm³/mol. The molecule has 0 atom stereocenters. The van der Waals surface area contributed by atoms with Gasteiger partial charge in [0.15, 0.2) is 0 Å². The second-order valence-electron chi connectivity index (χ2n) is 2.05. The molecule has 0 unspecified atom stereocenters. The molecule has 66 valence electrons. The van der Waals surface area contributed by atoms with Crippen molar-refractivity contribution in [3.05, 3.63) is 24.3 Å². The summed E-state index contributed by atoms with van der Waals surface area (Å²) >= 11 is 0. The molecular weight excluding hydrogens is 156 g/mol. The fourth-order valence-corrected chi connectivity index (χ4v) is 0.496. The Hall–Kier alpha value is -1.58. The molecule has 0 aliphatic rings. The zero-order valence-corrected chi connectivity index (χ0v) is 7.18. The third kappa shape index (κ3) is 3.55. The van der Waals surface area contributed by atoms with Crippen molar-refractivity contribution in [3.63, 3.8) is 0 Å². The summed E-state index contributed by atoms with van der Waals surface area (Å²) in [5, 5.41) is 4.76. The minimum absolute atomic E-state index is 0.251. The molecule has 0 aliphatic heterocycles. The van der Waals surface area contributed by atoms with Gasteiger partial charge in [0.25, 0.3) is 0 Å². The number of nitrogens with one attached hydrogen (secondary N) is 2. The van der Waals surface area contributed by atoms with Crippen molar-refractivity contribution < 1.29 is 9.59 Å². The van der Waals surface area contributed by atoms with Gasteiger partial charge in [-0.05, 0) is 6.08 Å². The molecule has 0 aromatic carbocycles. The van der Waals surface area contributed by atoms with Crippen LogP contribution in [0.2, 0.25) is 0 Å². The SMILES string of the molecule is C=C(/C=C\C(=O)NC)C(=O)NC. The fraction of sp³-hybridized carbons (Fsp3) is 0.250. The average Bonchev–Trinajstić information content (AvgIpc) is 2.11. The molecule has 0 bridgehead atoms. The van der Waals surface area contributed by atoms with Gasteiger partial charge in [-0.3, -0.25) is 9.59 Å². The van der Waals surface area contributed by atoms with Crippen molar-refractivity contribution in [2.45, 2.75) is 0 Å². The van der Waals surface area contributed by atoms with Crippen LogP contribution in [0, 0.1) is 0 Å². The van der Waals surface area contributed by atoms with E-state index >= 15 is 0 Å². The van der Waals surface area contributed by atoms with Crippen LogP contribution in [0.3, 0.4) is 0 Å². The second kappa shape index (κ2) is 5.12. The lowest BCUT2D eigenvalue weighted by atomic mass is 10.2. The van der Waals surface area contributed by atoms with Crippen LogP contribution in [0.5, 0.6) is 0 Å². The fourth-order valence-electron chi connectivity index (χ4n) is 0.496. The molecule has 0 rings (SSSR count). The second-order valence-corrected chi connectivity index (χ2v) is 2.05. The lowest BCUT2D eigenvalue weighted by molar-refractivity contribution is -0.116. The summed E-state index contributed by atoms with van der Waals surface area (Å²) in [6.07, 6.45) is 2.61. The molecule has 0 aliphatic carbocycles. The maximum Gasteiger partial charge on any atom is 0.250 e. The van der Waals surface area contributed by atoms with E-state index < -0.39 is 0 Å². The van der Waals surface area contributed by atoms with Gasteiger partial charge < -0.3 is 10.6 Å². The van der Waals surface area contributed by atoms with Crippen LogP contribution in [0.4, 0.5) is 0 Å². The molecule has 4 heteroatoms. The highest BCUT2D eigenvalue weighted by atomic mass is 16.2. The van der Waals surface area contributed by atoms with E-state index in [4.69, 9.17) is 0 Å². The maximum atomic E-state index is 10.8. The number of carbonyl (C=O) groups excluding carboxylic acids is 2. The monoisotopic (exact) mass is 168 g/mol. The van der Waals surface area contributed by atoms with Crippen LogP contribution in [-0.2, 0) is 9.59 Å². The number of hydrogen-bond acceptors (Lipinski definition) is 2. The van der Waals surface area contributed by atoms with Crippen molar-refractivity contribution in [2.75, 3.05) is 14.1 Å². The Morgan fingerprint density at radius 1 is 1.17 bits per heavy atom. The van der Waals surface area contributed by atoms with Gasteiger partial charge in [0.1, 0.15) is 0 Å². The Labute approximate surface area is 71.3 Å². The Bertz CT molecular complexity index is 231. The van der Waals surface area contributed by atoms with Crippen LogP contribution < -0.4 is 10.6 Å². The molecule has 0 aromatic rings. The summed E-state index contributed by atoms with van der Waals surface area (Å²) in [5.41, 5.74) is 0.251. The molecular formula is C8H12N2O2. The zero-order chi connectivity index (χ0) is 9.56. The summed E-state index contributed by atoms with van der Waals surface area (Å²) in [6, 6.07) is 0. The Balaban J connectivity index is 4.09. The number of hydrogen-bond donors (Lipinski definition) is 2. The highest BCUT2D eigenvalue weighted by Crippen LogP contribution is 1.91. The molecule has 0 heterocycles. The normalized spacial score (nSPS) is 9.50. The molecule has 0 spiro atoms. The van der Waals surface area contributed by atoms with Crippen LogP contribution in [0.25, 0.3) is 0 Å². The van der Waals surface area contributed by atoms with Gasteiger partial charge in [-0.2, -0.15) is 0 Å². The molecule has 0 radical (unpaired) electrons. The first kappa shape index (κ1) is 10.4. The topological polar surface area (TPSA) is 58.2 Å². The van der Waals surface area contributed by atoms with E-state index in [0.29, 0.717) is 0 Å². The highest BCUT2D eigenvalue weighted by molar-refractivity contribution is 5.97. The summed E-state index contributed by atoms with van der Waals surface area (Å²) in [4.78, 5) is 21.5. The summed E-state index contributed by atoms with van der Waals surface area (Å²) in [5.74, 6) is -0.560. The van der Waals surface area contributed by atoms with Crippen LogP contribution >= 0.6 is 0 Å². The first-order valence-electron chi connectivity index (χ1n) is 3.42. The Morgan fingerprint density at radius 3 is 2.17 bits per heavy atom. The zero-order valence-electron chi connectivity index (χ0n) is 7.18. The molecule has 2 N–H and O–H groups in total. The van der Waals surface area contributed by atoms with Crippen molar-refractivity contribution in [1.82, 2.24) is 10.6 Å². The maximum absolute atomic E-state index is 10.8. The van der Waals surface area contributed by atoms with E-state index in [2.05, 4.69) is 17.2 Å². The quantitative estimate of drug-likeness (QED) is 0.444. The number of rotatable bonds is 3. The van der Waals surface area contributed by atoms with E-state index in [1.165, 1.54) is 26.2 Å². The molecule has 2 amide bonds. The highest BCUT2D eigenvalue weighted by Gasteiger charge is 1.99. The van der Waals surface area contributed by atoms with Gasteiger partial charge in [-0.25, -0.2) is 0 Å². The van der Waals surface area contributed by atoms with E-state index in [9.17, 15) is 9.59 Å². The van der Waals surface area contributed by atoms with Crippen molar-refractivity contribution in [1.29, 1.82) is 0 Å². The van der Waals surface area contributed by atoms with Crippen LogP contribution in [-0.4, -0.2) is 25.9 Å². The molecule has 0 fully saturated rings. The van der Waals surface area contributed by atoms with Gasteiger partial charge >= 0.3 is 0 Å². The first-order chi connectivity index (χ1) is 5.61. The van der Waals surface area contributed by atoms with Crippen LogP contribution in [0.1, 0.15) is 0 Å². The van der Waals surface area contributed by atoms with Crippen molar-refractivity contribution in [2.24, 2.45) is 0 Å². The number of amides is 2. The minimum Gasteiger partial charge on any atom is -0.356 e. The average molecular weight is 168 g/mol. The summed E-state index contributed by atoms with van der Waals surface area (Å²) in [7, 11) is 3.01. The Morgan fingerprint density at radius 2 is 1.75 bits per heavy atom. The first-order valence-corrected chi connectivity index (χ1v) is 3.42. The van der Waals surface area contributed by atoms with E-state index in [1.54, 1.807) is 0 Å². The number of likely N-dealkylation sites (N-methyl/N-ethyl adjacent to an activating group) is 2. The van der Waals surface area contributed by atoms with Gasteiger partial charge in [-0.1, -0.05) is 6.58 Å². The standard InChI is InChI=1S/C8H12N2O2/c1-6(8(12)10-3)4-5-7(11)9-2/h4-5H,1H2,2-3H3,(H,9,11)(H,10,12)/b5-4-. The van der Waals surface area contributed by atoms with E-state index in [0.717, 1.165) is 0 Å². The van der Waals surface area contributed by atoms with E-state index in [-0.39, 0.29) is 17.4 Å². The third-order valence-corrected chi connectivity index (χ3v) is 1.20. The smallest absolute Gasteiger partial charge is 0.250 e. The van der Waals surface area contributed by atoms with Gasteiger partial charge in [-0.15, -0.1) is 0 Å².